The first-order valence-corrected chi connectivity index (χ1v) is 8.47. The van der Waals surface area contributed by atoms with Crippen LogP contribution in [-0.2, 0) is 22.6 Å². The van der Waals surface area contributed by atoms with Crippen LogP contribution in [0.3, 0.4) is 0 Å². The molecule has 0 aliphatic carbocycles. The Kier molecular flexibility index (Phi) is 5.25. The normalized spacial score (nSPS) is 16.3. The number of benzene rings is 1. The fourth-order valence-electron chi connectivity index (χ4n) is 2.89. The Balaban J connectivity index is 1.65. The van der Waals surface area contributed by atoms with E-state index in [1.54, 1.807) is 32.0 Å². The number of aromatic nitrogens is 1. The van der Waals surface area contributed by atoms with Crippen LogP contribution in [0, 0.1) is 19.7 Å². The summed E-state index contributed by atoms with van der Waals surface area (Å²) in [6.45, 7) is 3.43. The molecule has 0 radical (unpaired) electrons. The Hall–Kier alpha value is -3.16. The summed E-state index contributed by atoms with van der Waals surface area (Å²) in [5, 5.41) is 16.1. The SMILES string of the molecule is Cc1ccc(CNC(=O)[C@@H]2C=C(O)CN2C(=O)Cc2cc(C)no2)c(F)c1. The summed E-state index contributed by atoms with van der Waals surface area (Å²) in [6.07, 6.45) is 1.24. The highest BCUT2D eigenvalue weighted by Gasteiger charge is 2.34. The Bertz CT molecular complexity index is 906. The number of aliphatic hydroxyl groups is 1. The van der Waals surface area contributed by atoms with E-state index in [1.807, 2.05) is 0 Å². The van der Waals surface area contributed by atoms with Gasteiger partial charge in [0.25, 0.3) is 0 Å². The van der Waals surface area contributed by atoms with Crippen LogP contribution in [0.2, 0.25) is 0 Å². The van der Waals surface area contributed by atoms with E-state index in [0.29, 0.717) is 17.0 Å². The number of amides is 2. The number of rotatable bonds is 5. The molecule has 1 aliphatic rings. The molecule has 7 nitrogen and oxygen atoms in total. The molecule has 2 aromatic rings. The molecule has 2 N–H and O–H groups in total. The third kappa shape index (κ3) is 4.33. The van der Waals surface area contributed by atoms with Gasteiger partial charge in [-0.1, -0.05) is 17.3 Å². The molecule has 2 heterocycles. The van der Waals surface area contributed by atoms with Crippen LogP contribution in [0.5, 0.6) is 0 Å². The third-order valence-electron chi connectivity index (χ3n) is 4.27. The fourth-order valence-corrected chi connectivity index (χ4v) is 2.89. The van der Waals surface area contributed by atoms with E-state index in [4.69, 9.17) is 4.52 Å². The third-order valence-corrected chi connectivity index (χ3v) is 4.27. The van der Waals surface area contributed by atoms with Crippen LogP contribution in [-0.4, -0.2) is 39.6 Å². The molecular weight excluding hydrogens is 353 g/mol. The van der Waals surface area contributed by atoms with Gasteiger partial charge >= 0.3 is 0 Å². The van der Waals surface area contributed by atoms with Crippen molar-refractivity contribution in [2.24, 2.45) is 0 Å². The fraction of sp³-hybridized carbons (Fsp3) is 0.316. The molecule has 2 amide bonds. The number of nitrogens with one attached hydrogen (secondary N) is 1. The smallest absolute Gasteiger partial charge is 0.247 e. The predicted molar refractivity (Wildman–Crippen MR) is 94.1 cm³/mol. The molecule has 0 fully saturated rings. The maximum Gasteiger partial charge on any atom is 0.247 e. The van der Waals surface area contributed by atoms with Crippen LogP contribution in [0.25, 0.3) is 0 Å². The van der Waals surface area contributed by atoms with Crippen molar-refractivity contribution in [3.05, 3.63) is 64.5 Å². The van der Waals surface area contributed by atoms with Gasteiger partial charge in [0.15, 0.2) is 0 Å². The summed E-state index contributed by atoms with van der Waals surface area (Å²) >= 11 is 0. The van der Waals surface area contributed by atoms with Crippen molar-refractivity contribution in [2.45, 2.75) is 32.9 Å². The molecule has 0 bridgehead atoms. The first-order chi connectivity index (χ1) is 12.8. The molecule has 8 heteroatoms. The van der Waals surface area contributed by atoms with Crippen LogP contribution < -0.4 is 5.32 Å². The molecule has 0 saturated carbocycles. The van der Waals surface area contributed by atoms with Crippen molar-refractivity contribution in [2.75, 3.05) is 6.54 Å². The van der Waals surface area contributed by atoms with E-state index in [0.717, 1.165) is 5.56 Å². The van der Waals surface area contributed by atoms with Crippen molar-refractivity contribution in [3.8, 4) is 0 Å². The minimum Gasteiger partial charge on any atom is -0.511 e. The first kappa shape index (κ1) is 18.6. The van der Waals surface area contributed by atoms with Gasteiger partial charge in [-0.3, -0.25) is 9.59 Å². The van der Waals surface area contributed by atoms with Crippen LogP contribution in [0.15, 0.2) is 40.6 Å². The van der Waals surface area contributed by atoms with Crippen molar-refractivity contribution in [1.82, 2.24) is 15.4 Å². The number of carbonyl (C=O) groups excluding carboxylic acids is 2. The van der Waals surface area contributed by atoms with E-state index < -0.39 is 17.8 Å². The van der Waals surface area contributed by atoms with Crippen molar-refractivity contribution in [3.63, 3.8) is 0 Å². The van der Waals surface area contributed by atoms with Gasteiger partial charge in [-0.15, -0.1) is 0 Å². The average Bonchev–Trinajstić information content (AvgIpc) is 3.19. The summed E-state index contributed by atoms with van der Waals surface area (Å²) in [7, 11) is 0. The zero-order chi connectivity index (χ0) is 19.6. The van der Waals surface area contributed by atoms with Crippen molar-refractivity contribution >= 4 is 11.8 Å². The second-order valence-electron chi connectivity index (χ2n) is 6.55. The minimum absolute atomic E-state index is 0.0145. The Morgan fingerprint density at radius 3 is 2.81 bits per heavy atom. The Morgan fingerprint density at radius 2 is 2.15 bits per heavy atom. The average molecular weight is 373 g/mol. The van der Waals surface area contributed by atoms with Gasteiger partial charge < -0.3 is 19.8 Å². The summed E-state index contributed by atoms with van der Waals surface area (Å²) < 4.78 is 18.9. The largest absolute Gasteiger partial charge is 0.511 e. The second kappa shape index (κ2) is 7.61. The lowest BCUT2D eigenvalue weighted by molar-refractivity contribution is -0.137. The van der Waals surface area contributed by atoms with E-state index in [-0.39, 0.29) is 31.2 Å². The Morgan fingerprint density at radius 1 is 1.37 bits per heavy atom. The minimum atomic E-state index is -0.963. The summed E-state index contributed by atoms with van der Waals surface area (Å²) in [5.41, 5.74) is 1.77. The topological polar surface area (TPSA) is 95.7 Å². The number of hydrogen-bond acceptors (Lipinski definition) is 5. The van der Waals surface area contributed by atoms with E-state index in [1.165, 1.54) is 17.0 Å². The monoisotopic (exact) mass is 373 g/mol. The highest BCUT2D eigenvalue weighted by atomic mass is 19.1. The van der Waals surface area contributed by atoms with Gasteiger partial charge in [0.2, 0.25) is 11.8 Å². The zero-order valence-corrected chi connectivity index (χ0v) is 15.0. The number of hydrogen-bond donors (Lipinski definition) is 2. The van der Waals surface area contributed by atoms with Crippen LogP contribution >= 0.6 is 0 Å². The van der Waals surface area contributed by atoms with Crippen LogP contribution in [0.4, 0.5) is 4.39 Å². The number of carbonyl (C=O) groups is 2. The molecule has 1 aromatic heterocycles. The highest BCUT2D eigenvalue weighted by molar-refractivity contribution is 5.91. The molecule has 3 rings (SSSR count). The van der Waals surface area contributed by atoms with Crippen molar-refractivity contribution < 1.29 is 23.6 Å². The van der Waals surface area contributed by atoms with E-state index >= 15 is 0 Å². The summed E-state index contributed by atoms with van der Waals surface area (Å²) in [6, 6.07) is 5.41. The standard InChI is InChI=1S/C19H20FN3O4/c1-11-3-4-13(16(20)5-11)9-21-19(26)17-7-14(24)10-23(17)18(25)8-15-6-12(2)22-27-15/h3-7,17,24H,8-10H2,1-2H3,(H,21,26)/t17-/m0/s1. The lowest BCUT2D eigenvalue weighted by Crippen LogP contribution is -2.46. The molecule has 0 spiro atoms. The second-order valence-corrected chi connectivity index (χ2v) is 6.55. The van der Waals surface area contributed by atoms with Gasteiger partial charge in [-0.2, -0.15) is 0 Å². The van der Waals surface area contributed by atoms with E-state index in [2.05, 4.69) is 10.5 Å². The lowest BCUT2D eigenvalue weighted by atomic mass is 10.1. The number of halogens is 1. The molecule has 0 unspecified atom stereocenters. The van der Waals surface area contributed by atoms with Gasteiger partial charge in [-0.25, -0.2) is 4.39 Å². The molecule has 142 valence electrons. The summed E-state index contributed by atoms with van der Waals surface area (Å²) in [5.74, 6) is -0.980. The highest BCUT2D eigenvalue weighted by Crippen LogP contribution is 2.18. The van der Waals surface area contributed by atoms with Gasteiger partial charge in [0.1, 0.15) is 23.4 Å². The predicted octanol–water partition coefficient (Wildman–Crippen LogP) is 1.94. The number of aryl methyl sites for hydroxylation is 2. The first-order valence-electron chi connectivity index (χ1n) is 8.47. The Labute approximate surface area is 155 Å². The molecule has 1 aliphatic heterocycles. The summed E-state index contributed by atoms with van der Waals surface area (Å²) in [4.78, 5) is 26.2. The zero-order valence-electron chi connectivity index (χ0n) is 15.0. The van der Waals surface area contributed by atoms with Gasteiger partial charge in [-0.05, 0) is 31.6 Å². The molecule has 27 heavy (non-hydrogen) atoms. The lowest BCUT2D eigenvalue weighted by Gasteiger charge is -2.23. The van der Waals surface area contributed by atoms with E-state index in [9.17, 15) is 19.1 Å². The molecular formula is C19H20FN3O4. The van der Waals surface area contributed by atoms with Gasteiger partial charge in [0.05, 0.1) is 18.7 Å². The molecule has 1 atom stereocenters. The maximum atomic E-state index is 13.9. The molecule has 1 aromatic carbocycles. The van der Waals surface area contributed by atoms with Crippen LogP contribution in [0.1, 0.15) is 22.6 Å². The molecule has 0 saturated heterocycles. The van der Waals surface area contributed by atoms with Gasteiger partial charge in [0, 0.05) is 18.2 Å². The number of aliphatic hydroxyl groups excluding tert-OH is 1. The number of nitrogens with zero attached hydrogens (tertiary/aromatic N) is 2. The van der Waals surface area contributed by atoms with Crippen molar-refractivity contribution in [1.29, 1.82) is 0 Å². The quantitative estimate of drug-likeness (QED) is 0.835. The maximum absolute atomic E-state index is 13.9.